The topological polar surface area (TPSA) is 47.2 Å². The monoisotopic (exact) mass is 263 g/mol. The molecular weight excluding hydrogens is 258 g/mol. The van der Waals surface area contributed by atoms with Gasteiger partial charge >= 0.3 is 0 Å². The van der Waals surface area contributed by atoms with E-state index in [1.54, 1.807) is 16.9 Å². The summed E-state index contributed by atoms with van der Waals surface area (Å²) in [6.45, 7) is 0. The van der Waals surface area contributed by atoms with Crippen LogP contribution in [-0.2, 0) is 4.79 Å². The van der Waals surface area contributed by atoms with Crippen molar-refractivity contribution in [3.8, 4) is 5.69 Å². The molecule has 0 atom stereocenters. The lowest BCUT2D eigenvalue weighted by atomic mass is 10.3. The number of halogens is 1. The van der Waals surface area contributed by atoms with E-state index >= 15 is 0 Å². The third-order valence-corrected chi connectivity index (χ3v) is 2.38. The van der Waals surface area contributed by atoms with Crippen LogP contribution in [0.25, 0.3) is 5.69 Å². The normalized spacial score (nSPS) is 9.67. The van der Waals surface area contributed by atoms with Gasteiger partial charge in [0, 0.05) is 10.5 Å². The van der Waals surface area contributed by atoms with Crippen LogP contribution in [0.4, 0.5) is 5.82 Å². The maximum Gasteiger partial charge on any atom is 0.242 e. The lowest BCUT2D eigenvalue weighted by molar-refractivity contribution is 0.565. The fourth-order valence-electron chi connectivity index (χ4n) is 1.21. The first-order valence-corrected chi connectivity index (χ1v) is 4.98. The molecule has 0 unspecified atom stereocenters. The molecule has 0 saturated carbocycles. The van der Waals surface area contributed by atoms with Crippen molar-refractivity contribution < 1.29 is 4.79 Å². The van der Waals surface area contributed by atoms with Gasteiger partial charge in [0.15, 0.2) is 5.82 Å². The van der Waals surface area contributed by atoms with Crippen molar-refractivity contribution in [1.82, 2.24) is 9.78 Å². The van der Waals surface area contributed by atoms with Crippen LogP contribution in [0, 0.1) is 0 Å². The molecule has 15 heavy (non-hydrogen) atoms. The Morgan fingerprint density at radius 2 is 2.00 bits per heavy atom. The molecule has 0 bridgehead atoms. The number of benzene rings is 1. The number of aromatic nitrogens is 2. The molecule has 0 aliphatic rings. The summed E-state index contributed by atoms with van der Waals surface area (Å²) in [5.41, 5.74) is 0.845. The highest BCUT2D eigenvalue weighted by atomic mass is 79.9. The minimum Gasteiger partial charge on any atom is -0.215 e. The van der Waals surface area contributed by atoms with E-state index in [9.17, 15) is 4.79 Å². The second-order valence-corrected chi connectivity index (χ2v) is 3.70. The number of aliphatic imine (C=N–C) groups is 1. The van der Waals surface area contributed by atoms with Crippen LogP contribution in [0.3, 0.4) is 0 Å². The van der Waals surface area contributed by atoms with Crippen molar-refractivity contribution in [2.24, 2.45) is 4.99 Å². The lowest BCUT2D eigenvalue weighted by Gasteiger charge is -2.02. The van der Waals surface area contributed by atoms with Gasteiger partial charge in [-0.1, -0.05) is 15.9 Å². The zero-order valence-electron chi connectivity index (χ0n) is 7.59. The van der Waals surface area contributed by atoms with Crippen LogP contribution in [0.2, 0.25) is 0 Å². The molecule has 0 aliphatic heterocycles. The van der Waals surface area contributed by atoms with E-state index in [4.69, 9.17) is 0 Å². The molecule has 0 amide bonds. The van der Waals surface area contributed by atoms with E-state index in [1.807, 2.05) is 24.3 Å². The summed E-state index contributed by atoms with van der Waals surface area (Å²) in [5.74, 6) is 0.465. The molecule has 0 radical (unpaired) electrons. The molecule has 0 saturated heterocycles. The Morgan fingerprint density at radius 1 is 1.27 bits per heavy atom. The van der Waals surface area contributed by atoms with Gasteiger partial charge in [-0.3, -0.25) is 0 Å². The van der Waals surface area contributed by atoms with E-state index < -0.39 is 0 Å². The summed E-state index contributed by atoms with van der Waals surface area (Å²) in [7, 11) is 0. The van der Waals surface area contributed by atoms with E-state index in [1.165, 1.54) is 6.08 Å². The predicted octanol–water partition coefficient (Wildman–Crippen LogP) is 2.60. The van der Waals surface area contributed by atoms with Gasteiger partial charge in [0.25, 0.3) is 0 Å². The van der Waals surface area contributed by atoms with Gasteiger partial charge in [-0.25, -0.2) is 9.48 Å². The largest absolute Gasteiger partial charge is 0.242 e. The Morgan fingerprint density at radius 3 is 2.67 bits per heavy atom. The fraction of sp³-hybridized carbons (Fsp3) is 0. The van der Waals surface area contributed by atoms with Crippen LogP contribution >= 0.6 is 15.9 Å². The van der Waals surface area contributed by atoms with E-state index in [0.29, 0.717) is 5.82 Å². The van der Waals surface area contributed by atoms with Crippen LogP contribution < -0.4 is 0 Å². The van der Waals surface area contributed by atoms with Crippen molar-refractivity contribution in [1.29, 1.82) is 0 Å². The molecule has 4 nitrogen and oxygen atoms in total. The number of hydrogen-bond acceptors (Lipinski definition) is 3. The van der Waals surface area contributed by atoms with Crippen LogP contribution in [-0.4, -0.2) is 15.9 Å². The highest BCUT2D eigenvalue weighted by molar-refractivity contribution is 9.10. The number of nitrogens with zero attached hydrogens (tertiary/aromatic N) is 3. The predicted molar refractivity (Wildman–Crippen MR) is 59.0 cm³/mol. The fourth-order valence-corrected chi connectivity index (χ4v) is 1.47. The van der Waals surface area contributed by atoms with Crippen molar-refractivity contribution in [3.63, 3.8) is 0 Å². The highest BCUT2D eigenvalue weighted by Crippen LogP contribution is 2.18. The molecule has 74 valence electrons. The van der Waals surface area contributed by atoms with E-state index in [2.05, 4.69) is 26.0 Å². The molecule has 0 N–H and O–H groups in total. The summed E-state index contributed by atoms with van der Waals surface area (Å²) in [4.78, 5) is 13.7. The zero-order valence-corrected chi connectivity index (χ0v) is 9.18. The quantitative estimate of drug-likeness (QED) is 0.618. The molecule has 0 spiro atoms. The molecule has 1 aromatic carbocycles. The number of carbonyl (C=O) groups excluding carboxylic acids is 1. The van der Waals surface area contributed by atoms with Gasteiger partial charge in [-0.15, -0.1) is 4.99 Å². The minimum absolute atomic E-state index is 0.465. The SMILES string of the molecule is O=C=Nc1ccnn1-c1ccc(Br)cc1. The molecular formula is C10H6BrN3O. The standard InChI is InChI=1S/C10H6BrN3O/c11-8-1-3-9(4-2-8)14-10(12-7-15)5-6-13-14/h1-6H. The maximum absolute atomic E-state index is 10.2. The van der Waals surface area contributed by atoms with Crippen molar-refractivity contribution >= 4 is 27.8 Å². The van der Waals surface area contributed by atoms with Gasteiger partial charge < -0.3 is 0 Å². The molecule has 5 heteroatoms. The summed E-state index contributed by atoms with van der Waals surface area (Å²) in [5, 5.41) is 4.06. The number of rotatable bonds is 2. The molecule has 1 heterocycles. The third kappa shape index (κ3) is 2.03. The number of hydrogen-bond donors (Lipinski definition) is 0. The Kier molecular flexibility index (Phi) is 2.76. The third-order valence-electron chi connectivity index (χ3n) is 1.85. The molecule has 2 rings (SSSR count). The van der Waals surface area contributed by atoms with Crippen molar-refractivity contribution in [2.75, 3.05) is 0 Å². The van der Waals surface area contributed by atoms with Crippen LogP contribution in [0.15, 0.2) is 46.0 Å². The number of isocyanates is 1. The van der Waals surface area contributed by atoms with Gasteiger partial charge in [0.1, 0.15) is 0 Å². The first-order valence-electron chi connectivity index (χ1n) is 4.19. The maximum atomic E-state index is 10.2. The summed E-state index contributed by atoms with van der Waals surface area (Å²) < 4.78 is 2.55. The van der Waals surface area contributed by atoms with Crippen LogP contribution in [0.1, 0.15) is 0 Å². The Labute approximate surface area is 94.4 Å². The molecule has 2 aromatic rings. The summed E-state index contributed by atoms with van der Waals surface area (Å²) >= 11 is 3.34. The first kappa shape index (κ1) is 9.83. The first-order chi connectivity index (χ1) is 7.31. The molecule has 0 fully saturated rings. The Balaban J connectivity index is 2.49. The van der Waals surface area contributed by atoms with Gasteiger partial charge in [-0.05, 0) is 24.3 Å². The Hall–Kier alpha value is -1.71. The van der Waals surface area contributed by atoms with Gasteiger partial charge in [-0.2, -0.15) is 5.10 Å². The lowest BCUT2D eigenvalue weighted by Crippen LogP contribution is -1.94. The molecule has 0 aliphatic carbocycles. The van der Waals surface area contributed by atoms with Crippen molar-refractivity contribution in [3.05, 3.63) is 41.0 Å². The second-order valence-electron chi connectivity index (χ2n) is 2.78. The van der Waals surface area contributed by atoms with Crippen molar-refractivity contribution in [2.45, 2.75) is 0 Å². The van der Waals surface area contributed by atoms with E-state index in [0.717, 1.165) is 10.2 Å². The average molecular weight is 264 g/mol. The van der Waals surface area contributed by atoms with Crippen LogP contribution in [0.5, 0.6) is 0 Å². The highest BCUT2D eigenvalue weighted by Gasteiger charge is 2.02. The van der Waals surface area contributed by atoms with Gasteiger partial charge in [0.05, 0.1) is 11.9 Å². The zero-order chi connectivity index (χ0) is 10.7. The smallest absolute Gasteiger partial charge is 0.215 e. The second kappa shape index (κ2) is 4.21. The Bertz CT molecular complexity index is 512. The summed E-state index contributed by atoms with van der Waals surface area (Å²) in [6.07, 6.45) is 3.08. The average Bonchev–Trinajstić information content (AvgIpc) is 2.68. The summed E-state index contributed by atoms with van der Waals surface area (Å²) in [6, 6.07) is 9.19. The van der Waals surface area contributed by atoms with Gasteiger partial charge in [0.2, 0.25) is 6.08 Å². The molecule has 1 aromatic heterocycles. The minimum atomic E-state index is 0.465. The van der Waals surface area contributed by atoms with E-state index in [-0.39, 0.29) is 0 Å².